The SMILES string of the molecule is CC(C)(CN1C=CSc2ccccc21)OC=O. The van der Waals surface area contributed by atoms with Crippen LogP contribution >= 0.6 is 11.8 Å². The number of hydrogen-bond acceptors (Lipinski definition) is 4. The summed E-state index contributed by atoms with van der Waals surface area (Å²) in [6.07, 6.45) is 2.02. The highest BCUT2D eigenvalue weighted by atomic mass is 32.2. The first-order valence-corrected chi connectivity index (χ1v) is 6.31. The normalized spacial score (nSPS) is 14.4. The Hall–Kier alpha value is -1.42. The molecular weight excluding hydrogens is 234 g/mol. The number of para-hydroxylation sites is 1. The summed E-state index contributed by atoms with van der Waals surface area (Å²) >= 11 is 1.70. The standard InChI is InChI=1S/C13H15NO2S/c1-13(2,16-10-15)9-14-7-8-17-12-6-4-3-5-11(12)14/h3-8,10H,9H2,1-2H3. The molecule has 3 nitrogen and oxygen atoms in total. The minimum atomic E-state index is -0.499. The number of carbonyl (C=O) groups is 1. The predicted molar refractivity (Wildman–Crippen MR) is 70.0 cm³/mol. The van der Waals surface area contributed by atoms with Crippen LogP contribution < -0.4 is 4.90 Å². The molecule has 0 unspecified atom stereocenters. The van der Waals surface area contributed by atoms with Gasteiger partial charge in [0.2, 0.25) is 0 Å². The van der Waals surface area contributed by atoms with Crippen molar-refractivity contribution in [3.05, 3.63) is 35.9 Å². The van der Waals surface area contributed by atoms with E-state index in [9.17, 15) is 4.79 Å². The summed E-state index contributed by atoms with van der Waals surface area (Å²) < 4.78 is 5.08. The van der Waals surface area contributed by atoms with Crippen LogP contribution in [-0.4, -0.2) is 18.6 Å². The molecule has 0 fully saturated rings. The van der Waals surface area contributed by atoms with E-state index in [-0.39, 0.29) is 0 Å². The molecule has 1 aliphatic rings. The van der Waals surface area contributed by atoms with Gasteiger partial charge in [0.05, 0.1) is 12.2 Å². The number of rotatable bonds is 4. The van der Waals surface area contributed by atoms with Gasteiger partial charge in [0.1, 0.15) is 5.60 Å². The molecule has 1 aromatic rings. The van der Waals surface area contributed by atoms with Crippen molar-refractivity contribution >= 4 is 23.9 Å². The third kappa shape index (κ3) is 2.82. The summed E-state index contributed by atoms with van der Waals surface area (Å²) in [7, 11) is 0. The Morgan fingerprint density at radius 3 is 2.94 bits per heavy atom. The van der Waals surface area contributed by atoms with Crippen LogP contribution in [0.1, 0.15) is 13.8 Å². The second kappa shape index (κ2) is 4.84. The van der Waals surface area contributed by atoms with Gasteiger partial charge in [-0.05, 0) is 31.4 Å². The molecular formula is C13H15NO2S. The number of carbonyl (C=O) groups excluding carboxylic acids is 1. The van der Waals surface area contributed by atoms with Gasteiger partial charge in [-0.3, -0.25) is 4.79 Å². The van der Waals surface area contributed by atoms with Crippen molar-refractivity contribution in [3.8, 4) is 0 Å². The van der Waals surface area contributed by atoms with Crippen LogP contribution in [0, 0.1) is 0 Å². The molecule has 4 heteroatoms. The fourth-order valence-corrected chi connectivity index (χ4v) is 2.58. The molecule has 0 aliphatic carbocycles. The van der Waals surface area contributed by atoms with Gasteiger partial charge >= 0.3 is 0 Å². The monoisotopic (exact) mass is 249 g/mol. The second-order valence-electron chi connectivity index (χ2n) is 4.47. The van der Waals surface area contributed by atoms with E-state index in [1.807, 2.05) is 37.6 Å². The lowest BCUT2D eigenvalue weighted by Gasteiger charge is -2.33. The molecule has 2 rings (SSSR count). The lowest BCUT2D eigenvalue weighted by molar-refractivity contribution is -0.139. The van der Waals surface area contributed by atoms with Crippen LogP contribution in [0.3, 0.4) is 0 Å². The molecule has 0 radical (unpaired) electrons. The summed E-state index contributed by atoms with van der Waals surface area (Å²) in [5.74, 6) is 0. The van der Waals surface area contributed by atoms with Crippen molar-refractivity contribution in [1.82, 2.24) is 0 Å². The number of hydrogen-bond donors (Lipinski definition) is 0. The Balaban J connectivity index is 2.19. The maximum absolute atomic E-state index is 10.4. The lowest BCUT2D eigenvalue weighted by Crippen LogP contribution is -2.38. The molecule has 0 saturated heterocycles. The largest absolute Gasteiger partial charge is 0.460 e. The van der Waals surface area contributed by atoms with Crippen LogP contribution in [-0.2, 0) is 9.53 Å². The quantitative estimate of drug-likeness (QED) is 0.767. The van der Waals surface area contributed by atoms with E-state index < -0.39 is 5.60 Å². The number of anilines is 1. The van der Waals surface area contributed by atoms with Gasteiger partial charge in [-0.1, -0.05) is 23.9 Å². The Bertz CT molecular complexity index is 443. The molecule has 0 atom stereocenters. The van der Waals surface area contributed by atoms with E-state index in [0.717, 1.165) is 5.69 Å². The second-order valence-corrected chi connectivity index (χ2v) is 5.42. The summed E-state index contributed by atoms with van der Waals surface area (Å²) in [6.45, 7) is 4.95. The average molecular weight is 249 g/mol. The highest BCUT2D eigenvalue weighted by Crippen LogP contribution is 2.35. The van der Waals surface area contributed by atoms with E-state index in [0.29, 0.717) is 13.0 Å². The van der Waals surface area contributed by atoms with Crippen molar-refractivity contribution in [2.24, 2.45) is 0 Å². The van der Waals surface area contributed by atoms with Crippen molar-refractivity contribution in [1.29, 1.82) is 0 Å². The van der Waals surface area contributed by atoms with E-state index in [2.05, 4.69) is 17.0 Å². The maximum atomic E-state index is 10.4. The van der Waals surface area contributed by atoms with Crippen LogP contribution in [0.2, 0.25) is 0 Å². The van der Waals surface area contributed by atoms with E-state index >= 15 is 0 Å². The van der Waals surface area contributed by atoms with Crippen LogP contribution in [0.15, 0.2) is 40.8 Å². The molecule has 0 spiro atoms. The van der Waals surface area contributed by atoms with Crippen LogP contribution in [0.5, 0.6) is 0 Å². The Labute approximate surface area is 105 Å². The van der Waals surface area contributed by atoms with Gasteiger partial charge in [0.15, 0.2) is 0 Å². The molecule has 90 valence electrons. The molecule has 0 bridgehead atoms. The fraction of sp³-hybridized carbons (Fsp3) is 0.308. The lowest BCUT2D eigenvalue weighted by atomic mass is 10.1. The van der Waals surface area contributed by atoms with E-state index in [4.69, 9.17) is 4.74 Å². The third-order valence-electron chi connectivity index (χ3n) is 2.53. The van der Waals surface area contributed by atoms with Gasteiger partial charge in [-0.2, -0.15) is 0 Å². The number of ether oxygens (including phenoxy) is 1. The van der Waals surface area contributed by atoms with Crippen LogP contribution in [0.4, 0.5) is 5.69 Å². The highest BCUT2D eigenvalue weighted by molar-refractivity contribution is 8.02. The predicted octanol–water partition coefficient (Wildman–Crippen LogP) is 3.02. The zero-order chi connectivity index (χ0) is 12.3. The molecule has 1 heterocycles. The van der Waals surface area contributed by atoms with Crippen LogP contribution in [0.25, 0.3) is 0 Å². The van der Waals surface area contributed by atoms with Gasteiger partial charge in [-0.25, -0.2) is 0 Å². The smallest absolute Gasteiger partial charge is 0.293 e. The maximum Gasteiger partial charge on any atom is 0.293 e. The van der Waals surface area contributed by atoms with Crippen molar-refractivity contribution in [3.63, 3.8) is 0 Å². The first kappa shape index (κ1) is 12.0. The summed E-state index contributed by atoms with van der Waals surface area (Å²) in [5.41, 5.74) is 0.656. The molecule has 0 amide bonds. The first-order valence-electron chi connectivity index (χ1n) is 5.43. The highest BCUT2D eigenvalue weighted by Gasteiger charge is 2.24. The molecule has 0 aromatic heterocycles. The first-order chi connectivity index (χ1) is 8.12. The molecule has 0 N–H and O–H groups in total. The Kier molecular flexibility index (Phi) is 3.43. The minimum Gasteiger partial charge on any atom is -0.460 e. The number of fused-ring (bicyclic) bond motifs is 1. The number of benzene rings is 1. The molecule has 0 saturated carbocycles. The molecule has 17 heavy (non-hydrogen) atoms. The van der Waals surface area contributed by atoms with Gasteiger partial charge in [0.25, 0.3) is 6.47 Å². The Morgan fingerprint density at radius 1 is 1.41 bits per heavy atom. The van der Waals surface area contributed by atoms with Crippen molar-refractivity contribution in [2.75, 3.05) is 11.4 Å². The van der Waals surface area contributed by atoms with Gasteiger partial charge < -0.3 is 9.64 Å². The minimum absolute atomic E-state index is 0.499. The van der Waals surface area contributed by atoms with Crippen molar-refractivity contribution < 1.29 is 9.53 Å². The van der Waals surface area contributed by atoms with E-state index in [1.165, 1.54) is 4.90 Å². The average Bonchev–Trinajstić information content (AvgIpc) is 2.29. The zero-order valence-electron chi connectivity index (χ0n) is 9.92. The zero-order valence-corrected chi connectivity index (χ0v) is 10.7. The van der Waals surface area contributed by atoms with Crippen molar-refractivity contribution in [2.45, 2.75) is 24.3 Å². The fourth-order valence-electron chi connectivity index (χ4n) is 1.77. The number of thioether (sulfide) groups is 1. The molecule has 1 aliphatic heterocycles. The third-order valence-corrected chi connectivity index (χ3v) is 3.39. The van der Waals surface area contributed by atoms with Gasteiger partial charge in [0, 0.05) is 11.1 Å². The summed E-state index contributed by atoms with van der Waals surface area (Å²) in [5, 5.41) is 2.04. The number of nitrogens with zero attached hydrogens (tertiary/aromatic N) is 1. The summed E-state index contributed by atoms with van der Waals surface area (Å²) in [6, 6.07) is 8.20. The summed E-state index contributed by atoms with van der Waals surface area (Å²) in [4.78, 5) is 13.8. The molecule has 1 aromatic carbocycles. The topological polar surface area (TPSA) is 29.5 Å². The Morgan fingerprint density at radius 2 is 2.18 bits per heavy atom. The van der Waals surface area contributed by atoms with E-state index in [1.54, 1.807) is 11.8 Å². The van der Waals surface area contributed by atoms with Gasteiger partial charge in [-0.15, -0.1) is 0 Å².